The maximum atomic E-state index is 12.1. The molecule has 0 spiro atoms. The van der Waals surface area contributed by atoms with Gasteiger partial charge in [-0.25, -0.2) is 4.79 Å². The van der Waals surface area contributed by atoms with E-state index in [1.165, 1.54) is 24.3 Å². The smallest absolute Gasteiger partial charge is 0.351 e. The Balaban J connectivity index is 3.02. The van der Waals surface area contributed by atoms with Gasteiger partial charge in [0.2, 0.25) is 0 Å². The second kappa shape index (κ2) is 8.55. The summed E-state index contributed by atoms with van der Waals surface area (Å²) in [7, 11) is 0. The molecule has 1 aromatic rings. The molecule has 0 heterocycles. The molecule has 23 heavy (non-hydrogen) atoms. The molecule has 1 aromatic carbocycles. The minimum Gasteiger partial charge on any atom is -0.462 e. The number of carbonyl (C=O) groups excluding carboxylic acids is 2. The number of amides is 1. The molecule has 0 aliphatic carbocycles. The Morgan fingerprint density at radius 2 is 2.00 bits per heavy atom. The predicted octanol–water partition coefficient (Wildman–Crippen LogP) is 1.99. The molecule has 0 bridgehead atoms. The number of non-ortho nitro benzene ring substituents is 1. The van der Waals surface area contributed by atoms with E-state index in [2.05, 4.69) is 5.32 Å². The fourth-order valence-corrected chi connectivity index (χ4v) is 2.05. The third-order valence-corrected chi connectivity index (χ3v) is 3.30. The van der Waals surface area contributed by atoms with Crippen molar-refractivity contribution in [3.8, 4) is 6.07 Å². The summed E-state index contributed by atoms with van der Waals surface area (Å²) in [5, 5.41) is 22.1. The zero-order chi connectivity index (χ0) is 17.4. The van der Waals surface area contributed by atoms with Gasteiger partial charge < -0.3 is 10.1 Å². The van der Waals surface area contributed by atoms with E-state index >= 15 is 0 Å². The lowest BCUT2D eigenvalue weighted by molar-refractivity contribution is -0.384. The Morgan fingerprint density at radius 3 is 2.43 bits per heavy atom. The summed E-state index contributed by atoms with van der Waals surface area (Å²) < 4.78 is 4.75. The largest absolute Gasteiger partial charge is 0.462 e. The molecule has 1 N–H and O–H groups in total. The molecule has 120 valence electrons. The third-order valence-electron chi connectivity index (χ3n) is 2.59. The summed E-state index contributed by atoms with van der Waals surface area (Å²) in [4.78, 5) is 33.8. The average molecular weight is 335 g/mol. The van der Waals surface area contributed by atoms with Gasteiger partial charge in [0.1, 0.15) is 11.1 Å². The van der Waals surface area contributed by atoms with Crippen molar-refractivity contribution in [3.05, 3.63) is 50.5 Å². The summed E-state index contributed by atoms with van der Waals surface area (Å²) in [5.41, 5.74) is -0.302. The monoisotopic (exact) mass is 335 g/mol. The molecule has 0 unspecified atom stereocenters. The third kappa shape index (κ3) is 4.82. The number of thioether (sulfide) groups is 1. The van der Waals surface area contributed by atoms with Crippen LogP contribution in [-0.4, -0.2) is 29.7 Å². The van der Waals surface area contributed by atoms with Crippen molar-refractivity contribution >= 4 is 29.3 Å². The lowest BCUT2D eigenvalue weighted by Crippen LogP contribution is -2.24. The van der Waals surface area contributed by atoms with Crippen molar-refractivity contribution in [1.82, 2.24) is 5.32 Å². The minimum atomic E-state index is -0.830. The van der Waals surface area contributed by atoms with Crippen molar-refractivity contribution in [2.45, 2.75) is 6.92 Å². The molecule has 0 atom stereocenters. The number of nitro benzene ring substituents is 1. The molecule has 0 saturated carbocycles. The van der Waals surface area contributed by atoms with Crippen LogP contribution in [0.3, 0.4) is 0 Å². The van der Waals surface area contributed by atoms with E-state index in [4.69, 9.17) is 10.00 Å². The van der Waals surface area contributed by atoms with Crippen molar-refractivity contribution in [2.24, 2.45) is 0 Å². The first-order valence-electron chi connectivity index (χ1n) is 6.35. The van der Waals surface area contributed by atoms with E-state index < -0.39 is 16.8 Å². The molecular formula is C14H13N3O5S. The summed E-state index contributed by atoms with van der Waals surface area (Å²) >= 11 is 1.00. The van der Waals surface area contributed by atoms with Crippen LogP contribution in [0.4, 0.5) is 5.69 Å². The summed E-state index contributed by atoms with van der Waals surface area (Å²) in [6.45, 7) is 1.70. The second-order valence-electron chi connectivity index (χ2n) is 4.00. The summed E-state index contributed by atoms with van der Waals surface area (Å²) in [6.07, 6.45) is 1.59. The van der Waals surface area contributed by atoms with Crippen molar-refractivity contribution in [1.29, 1.82) is 5.26 Å². The number of nitrogens with one attached hydrogen (secondary N) is 1. The number of nitro groups is 1. The molecule has 8 nitrogen and oxygen atoms in total. The molecule has 0 radical (unpaired) electrons. The number of carbonyl (C=O) groups is 2. The van der Waals surface area contributed by atoms with Crippen LogP contribution in [0.5, 0.6) is 0 Å². The van der Waals surface area contributed by atoms with Crippen LogP contribution in [0.2, 0.25) is 0 Å². The molecule has 1 rings (SSSR count). The Hall–Kier alpha value is -2.86. The van der Waals surface area contributed by atoms with Gasteiger partial charge in [-0.05, 0) is 25.3 Å². The Labute approximate surface area is 136 Å². The Kier molecular flexibility index (Phi) is 6.76. The van der Waals surface area contributed by atoms with Crippen LogP contribution in [0.1, 0.15) is 17.3 Å². The number of hydrogen-bond donors (Lipinski definition) is 1. The number of rotatable bonds is 6. The van der Waals surface area contributed by atoms with Crippen LogP contribution in [-0.2, 0) is 9.53 Å². The van der Waals surface area contributed by atoms with Crippen LogP contribution >= 0.6 is 11.8 Å². The van der Waals surface area contributed by atoms with Gasteiger partial charge >= 0.3 is 5.97 Å². The lowest BCUT2D eigenvalue weighted by atomic mass is 10.2. The van der Waals surface area contributed by atoms with Gasteiger partial charge in [0, 0.05) is 17.7 Å². The standard InChI is InChI=1S/C14H13N3O5S/c1-3-22-14(19)11(8-15)13(23-2)16-12(18)9-4-6-10(7-5-9)17(20)21/h4-7H,3H2,1-2H3,(H,16,18)/b13-11-. The second-order valence-corrected chi connectivity index (χ2v) is 4.82. The maximum Gasteiger partial charge on any atom is 0.351 e. The fourth-order valence-electron chi connectivity index (χ4n) is 1.52. The highest BCUT2D eigenvalue weighted by atomic mass is 32.2. The molecule has 0 aliphatic heterocycles. The Bertz CT molecular complexity index is 691. The first-order chi connectivity index (χ1) is 10.9. The average Bonchev–Trinajstić information content (AvgIpc) is 2.54. The van der Waals surface area contributed by atoms with E-state index in [1.807, 2.05) is 0 Å². The van der Waals surface area contributed by atoms with E-state index in [-0.39, 0.29) is 28.5 Å². The molecule has 9 heteroatoms. The van der Waals surface area contributed by atoms with Crippen LogP contribution in [0.25, 0.3) is 0 Å². The molecule has 0 fully saturated rings. The fraction of sp³-hybridized carbons (Fsp3) is 0.214. The van der Waals surface area contributed by atoms with Crippen molar-refractivity contribution in [2.75, 3.05) is 12.9 Å². The van der Waals surface area contributed by atoms with Gasteiger partial charge in [-0.2, -0.15) is 5.26 Å². The maximum absolute atomic E-state index is 12.1. The van der Waals surface area contributed by atoms with E-state index in [0.717, 1.165) is 11.8 Å². The van der Waals surface area contributed by atoms with Gasteiger partial charge in [0.05, 0.1) is 11.5 Å². The SMILES string of the molecule is CCOC(=O)/C(C#N)=C(/NC(=O)c1ccc([N+](=O)[O-])cc1)SC. The molecule has 0 aromatic heterocycles. The first kappa shape index (κ1) is 18.2. The summed E-state index contributed by atoms with van der Waals surface area (Å²) in [6, 6.07) is 6.63. The number of esters is 1. The van der Waals surface area contributed by atoms with E-state index in [9.17, 15) is 19.7 Å². The van der Waals surface area contributed by atoms with Crippen molar-refractivity contribution < 1.29 is 19.2 Å². The first-order valence-corrected chi connectivity index (χ1v) is 7.58. The topological polar surface area (TPSA) is 122 Å². The number of benzene rings is 1. The van der Waals surface area contributed by atoms with E-state index in [1.54, 1.807) is 19.2 Å². The van der Waals surface area contributed by atoms with Crippen molar-refractivity contribution in [3.63, 3.8) is 0 Å². The zero-order valence-electron chi connectivity index (χ0n) is 12.4. The number of hydrogen-bond acceptors (Lipinski definition) is 7. The molecular weight excluding hydrogens is 322 g/mol. The van der Waals surface area contributed by atoms with Gasteiger partial charge in [0.25, 0.3) is 11.6 Å². The minimum absolute atomic E-state index is 0.0503. The highest BCUT2D eigenvalue weighted by molar-refractivity contribution is 8.02. The highest BCUT2D eigenvalue weighted by Gasteiger charge is 2.19. The normalized spacial score (nSPS) is 11.0. The van der Waals surface area contributed by atoms with Crippen LogP contribution in [0, 0.1) is 21.4 Å². The quantitative estimate of drug-likeness (QED) is 0.277. The molecule has 0 saturated heterocycles. The number of ether oxygens (including phenoxy) is 1. The lowest BCUT2D eigenvalue weighted by Gasteiger charge is -2.09. The zero-order valence-corrected chi connectivity index (χ0v) is 13.2. The number of nitriles is 1. The molecule has 0 aliphatic rings. The highest BCUT2D eigenvalue weighted by Crippen LogP contribution is 2.17. The van der Waals surface area contributed by atoms with Gasteiger partial charge in [-0.3, -0.25) is 14.9 Å². The molecule has 1 amide bonds. The predicted molar refractivity (Wildman–Crippen MR) is 83.3 cm³/mol. The summed E-state index contributed by atoms with van der Waals surface area (Å²) in [5.74, 6) is -1.43. The van der Waals surface area contributed by atoms with Crippen LogP contribution in [0.15, 0.2) is 34.9 Å². The van der Waals surface area contributed by atoms with Gasteiger partial charge in [-0.1, -0.05) is 0 Å². The van der Waals surface area contributed by atoms with Crippen LogP contribution < -0.4 is 5.32 Å². The Morgan fingerprint density at radius 1 is 1.39 bits per heavy atom. The number of nitrogens with zero attached hydrogens (tertiary/aromatic N) is 2. The van der Waals surface area contributed by atoms with Gasteiger partial charge in [-0.15, -0.1) is 11.8 Å². The van der Waals surface area contributed by atoms with E-state index in [0.29, 0.717) is 0 Å². The van der Waals surface area contributed by atoms with Gasteiger partial charge in [0.15, 0.2) is 5.57 Å².